The van der Waals surface area contributed by atoms with E-state index in [4.69, 9.17) is 0 Å². The summed E-state index contributed by atoms with van der Waals surface area (Å²) in [6, 6.07) is 14.7. The van der Waals surface area contributed by atoms with Gasteiger partial charge in [-0.05, 0) is 35.7 Å². The van der Waals surface area contributed by atoms with Crippen molar-refractivity contribution in [2.24, 2.45) is 4.99 Å². The number of aromatic amines is 1. The minimum atomic E-state index is -0.222. The average molecular weight is 324 g/mol. The summed E-state index contributed by atoms with van der Waals surface area (Å²) in [5, 5.41) is 7.79. The molecule has 124 valence electrons. The summed E-state index contributed by atoms with van der Waals surface area (Å²) in [7, 11) is 1.74. The molecule has 0 bridgehead atoms. The third-order valence-corrected chi connectivity index (χ3v) is 3.96. The molecule has 4 nitrogen and oxygen atoms in total. The summed E-state index contributed by atoms with van der Waals surface area (Å²) in [5.74, 6) is 0.513. The monoisotopic (exact) mass is 324 g/mol. The van der Waals surface area contributed by atoms with Crippen LogP contribution in [0.4, 0.5) is 4.39 Å². The smallest absolute Gasteiger partial charge is 0.191 e. The summed E-state index contributed by atoms with van der Waals surface area (Å²) in [4.78, 5) is 7.50. The van der Waals surface area contributed by atoms with Crippen molar-refractivity contribution < 1.29 is 4.39 Å². The number of para-hydroxylation sites is 1. The molecular formula is C19H21FN4. The highest BCUT2D eigenvalue weighted by atomic mass is 19.1. The van der Waals surface area contributed by atoms with E-state index in [0.29, 0.717) is 6.54 Å². The highest BCUT2D eigenvalue weighted by Crippen LogP contribution is 2.17. The van der Waals surface area contributed by atoms with Crippen molar-refractivity contribution in [1.29, 1.82) is 0 Å². The lowest BCUT2D eigenvalue weighted by molar-refractivity contribution is 0.626. The normalized spacial score (nSPS) is 11.7. The zero-order valence-electron chi connectivity index (χ0n) is 13.6. The van der Waals surface area contributed by atoms with Gasteiger partial charge in [-0.3, -0.25) is 4.99 Å². The number of hydrogen-bond donors (Lipinski definition) is 3. The van der Waals surface area contributed by atoms with Gasteiger partial charge in [0, 0.05) is 37.2 Å². The number of aromatic nitrogens is 1. The lowest BCUT2D eigenvalue weighted by Gasteiger charge is -2.11. The fraction of sp³-hybridized carbons (Fsp3) is 0.211. The second-order valence-electron chi connectivity index (χ2n) is 5.59. The van der Waals surface area contributed by atoms with Crippen LogP contribution in [0.3, 0.4) is 0 Å². The zero-order valence-corrected chi connectivity index (χ0v) is 13.6. The van der Waals surface area contributed by atoms with E-state index in [2.05, 4.69) is 45.0 Å². The van der Waals surface area contributed by atoms with Gasteiger partial charge >= 0.3 is 0 Å². The molecule has 1 heterocycles. The maximum atomic E-state index is 12.9. The number of aliphatic imine (C=N–C) groups is 1. The number of benzene rings is 2. The molecule has 0 saturated heterocycles. The lowest BCUT2D eigenvalue weighted by atomic mass is 10.1. The third-order valence-electron chi connectivity index (χ3n) is 3.96. The topological polar surface area (TPSA) is 52.2 Å². The number of hydrogen-bond acceptors (Lipinski definition) is 1. The minimum Gasteiger partial charge on any atom is -0.361 e. The predicted molar refractivity (Wildman–Crippen MR) is 96.6 cm³/mol. The molecule has 0 spiro atoms. The summed E-state index contributed by atoms with van der Waals surface area (Å²) >= 11 is 0. The van der Waals surface area contributed by atoms with Crippen molar-refractivity contribution in [3.63, 3.8) is 0 Å². The van der Waals surface area contributed by atoms with Gasteiger partial charge in [0.05, 0.1) is 0 Å². The second kappa shape index (κ2) is 7.64. The van der Waals surface area contributed by atoms with Crippen LogP contribution in [0.1, 0.15) is 11.1 Å². The fourth-order valence-corrected chi connectivity index (χ4v) is 2.66. The van der Waals surface area contributed by atoms with Crippen LogP contribution >= 0.6 is 0 Å². The van der Waals surface area contributed by atoms with Crippen molar-refractivity contribution in [2.45, 2.75) is 13.0 Å². The van der Waals surface area contributed by atoms with Gasteiger partial charge in [0.1, 0.15) is 5.82 Å². The average Bonchev–Trinajstić information content (AvgIpc) is 3.02. The summed E-state index contributed by atoms with van der Waals surface area (Å²) < 4.78 is 12.9. The highest BCUT2D eigenvalue weighted by Gasteiger charge is 2.03. The van der Waals surface area contributed by atoms with E-state index in [1.54, 1.807) is 19.2 Å². The number of H-pyrrole nitrogens is 1. The number of nitrogens with one attached hydrogen (secondary N) is 3. The van der Waals surface area contributed by atoms with E-state index in [-0.39, 0.29) is 5.82 Å². The first-order valence-electron chi connectivity index (χ1n) is 8.00. The lowest BCUT2D eigenvalue weighted by Crippen LogP contribution is -2.37. The first kappa shape index (κ1) is 16.1. The molecule has 24 heavy (non-hydrogen) atoms. The standard InChI is InChI=1S/C19H21FN4/c1-21-19(24-12-14-6-8-16(20)9-7-14)22-11-10-15-13-23-18-5-3-2-4-17(15)18/h2-9,13,23H,10-12H2,1H3,(H2,21,22,24). The molecule has 3 rings (SSSR count). The van der Waals surface area contributed by atoms with Crippen LogP contribution in [0.5, 0.6) is 0 Å². The molecule has 3 N–H and O–H groups in total. The number of fused-ring (bicyclic) bond motifs is 1. The molecular weight excluding hydrogens is 303 g/mol. The van der Waals surface area contributed by atoms with Crippen LogP contribution in [-0.4, -0.2) is 24.5 Å². The minimum absolute atomic E-state index is 0.222. The Bertz CT molecular complexity index is 821. The van der Waals surface area contributed by atoms with Crippen molar-refractivity contribution in [2.75, 3.05) is 13.6 Å². The molecule has 0 unspecified atom stereocenters. The molecule has 2 aromatic carbocycles. The Balaban J connectivity index is 1.50. The summed E-state index contributed by atoms with van der Waals surface area (Å²) in [5.41, 5.74) is 3.45. The van der Waals surface area contributed by atoms with Gasteiger partial charge in [-0.15, -0.1) is 0 Å². The quantitative estimate of drug-likeness (QED) is 0.498. The molecule has 0 saturated carbocycles. The van der Waals surface area contributed by atoms with E-state index >= 15 is 0 Å². The molecule has 0 radical (unpaired) electrons. The largest absolute Gasteiger partial charge is 0.361 e. The molecule has 3 aromatic rings. The Morgan fingerprint density at radius 2 is 1.88 bits per heavy atom. The van der Waals surface area contributed by atoms with Crippen LogP contribution in [-0.2, 0) is 13.0 Å². The Morgan fingerprint density at radius 1 is 1.08 bits per heavy atom. The first-order chi connectivity index (χ1) is 11.8. The van der Waals surface area contributed by atoms with Crippen molar-refractivity contribution in [1.82, 2.24) is 15.6 Å². The predicted octanol–water partition coefficient (Wildman–Crippen LogP) is 3.21. The van der Waals surface area contributed by atoms with Gasteiger partial charge in [0.2, 0.25) is 0 Å². The Hall–Kier alpha value is -2.82. The van der Waals surface area contributed by atoms with E-state index in [1.807, 2.05) is 6.07 Å². The van der Waals surface area contributed by atoms with E-state index in [0.717, 1.165) is 30.0 Å². The van der Waals surface area contributed by atoms with Crippen molar-refractivity contribution in [3.8, 4) is 0 Å². The van der Waals surface area contributed by atoms with Gasteiger partial charge < -0.3 is 15.6 Å². The molecule has 0 amide bonds. The van der Waals surface area contributed by atoms with Crippen LogP contribution in [0.2, 0.25) is 0 Å². The van der Waals surface area contributed by atoms with Crippen molar-refractivity contribution >= 4 is 16.9 Å². The second-order valence-corrected chi connectivity index (χ2v) is 5.59. The van der Waals surface area contributed by atoms with E-state index in [1.165, 1.54) is 23.1 Å². The Kier molecular flexibility index (Phi) is 5.11. The number of rotatable bonds is 5. The Labute approximate surface area is 140 Å². The third kappa shape index (κ3) is 3.93. The van der Waals surface area contributed by atoms with Gasteiger partial charge in [-0.2, -0.15) is 0 Å². The van der Waals surface area contributed by atoms with Crippen LogP contribution < -0.4 is 10.6 Å². The van der Waals surface area contributed by atoms with Crippen LogP contribution in [0, 0.1) is 5.82 Å². The SMILES string of the molecule is CN=C(NCCc1c[nH]c2ccccc12)NCc1ccc(F)cc1. The summed E-state index contributed by atoms with van der Waals surface area (Å²) in [6.45, 7) is 1.39. The van der Waals surface area contributed by atoms with Crippen LogP contribution in [0.25, 0.3) is 10.9 Å². The molecule has 0 atom stereocenters. The number of nitrogens with zero attached hydrogens (tertiary/aromatic N) is 1. The van der Waals surface area contributed by atoms with Crippen molar-refractivity contribution in [3.05, 3.63) is 71.7 Å². The summed E-state index contributed by atoms with van der Waals surface area (Å²) in [6.07, 6.45) is 2.96. The molecule has 0 fully saturated rings. The first-order valence-corrected chi connectivity index (χ1v) is 8.00. The van der Waals surface area contributed by atoms with Gasteiger partial charge in [-0.25, -0.2) is 4.39 Å². The highest BCUT2D eigenvalue weighted by molar-refractivity contribution is 5.83. The van der Waals surface area contributed by atoms with E-state index < -0.39 is 0 Å². The Morgan fingerprint density at radius 3 is 2.67 bits per heavy atom. The number of guanidine groups is 1. The molecule has 0 aliphatic rings. The molecule has 5 heteroatoms. The fourth-order valence-electron chi connectivity index (χ4n) is 2.66. The van der Waals surface area contributed by atoms with Gasteiger partial charge in [0.15, 0.2) is 5.96 Å². The van der Waals surface area contributed by atoms with Crippen LogP contribution in [0.15, 0.2) is 59.7 Å². The number of halogens is 1. The zero-order chi connectivity index (χ0) is 16.8. The molecule has 0 aliphatic heterocycles. The van der Waals surface area contributed by atoms with Gasteiger partial charge in [-0.1, -0.05) is 30.3 Å². The molecule has 0 aliphatic carbocycles. The maximum Gasteiger partial charge on any atom is 0.191 e. The van der Waals surface area contributed by atoms with Gasteiger partial charge in [0.25, 0.3) is 0 Å². The van der Waals surface area contributed by atoms with E-state index in [9.17, 15) is 4.39 Å². The molecule has 1 aromatic heterocycles. The maximum absolute atomic E-state index is 12.9.